The molecule has 0 amide bonds. The molecule has 5 heteroatoms. The van der Waals surface area contributed by atoms with Crippen LogP contribution in [0.15, 0.2) is 18.6 Å². The van der Waals surface area contributed by atoms with E-state index in [1.54, 1.807) is 12.5 Å². The quantitative estimate of drug-likeness (QED) is 0.845. The van der Waals surface area contributed by atoms with Crippen molar-refractivity contribution >= 4 is 0 Å². The molecule has 1 aliphatic heterocycles. The Morgan fingerprint density at radius 3 is 3.00 bits per heavy atom. The van der Waals surface area contributed by atoms with E-state index in [2.05, 4.69) is 33.7 Å². The summed E-state index contributed by atoms with van der Waals surface area (Å²) < 4.78 is 0. The molecule has 1 aromatic rings. The molecule has 1 fully saturated rings. The second-order valence-corrected chi connectivity index (χ2v) is 5.09. The van der Waals surface area contributed by atoms with Gasteiger partial charge in [0.05, 0.1) is 11.7 Å². The molecule has 0 spiro atoms. The van der Waals surface area contributed by atoms with Gasteiger partial charge in [-0.15, -0.1) is 0 Å². The first-order chi connectivity index (χ1) is 8.72. The molecule has 2 atom stereocenters. The summed E-state index contributed by atoms with van der Waals surface area (Å²) in [6.45, 7) is 6.19. The van der Waals surface area contributed by atoms with E-state index in [1.165, 1.54) is 6.42 Å². The van der Waals surface area contributed by atoms with Gasteiger partial charge in [-0.25, -0.2) is 9.97 Å². The average molecular weight is 249 g/mol. The van der Waals surface area contributed by atoms with Gasteiger partial charge < -0.3 is 10.6 Å². The van der Waals surface area contributed by atoms with Gasteiger partial charge >= 0.3 is 0 Å². The Kier molecular flexibility index (Phi) is 4.63. The molecule has 0 bridgehead atoms. The van der Waals surface area contributed by atoms with Gasteiger partial charge in [0, 0.05) is 31.9 Å². The van der Waals surface area contributed by atoms with E-state index in [1.807, 2.05) is 6.07 Å². The first-order valence-corrected chi connectivity index (χ1v) is 6.62. The molecule has 2 N–H and O–H groups in total. The van der Waals surface area contributed by atoms with E-state index < -0.39 is 0 Å². The third-order valence-electron chi connectivity index (χ3n) is 3.67. The van der Waals surface area contributed by atoms with Crippen LogP contribution >= 0.6 is 0 Å². The molecule has 1 saturated heterocycles. The summed E-state index contributed by atoms with van der Waals surface area (Å²) in [6.07, 6.45) is 4.58. The van der Waals surface area contributed by atoms with Crippen molar-refractivity contribution < 1.29 is 0 Å². The first kappa shape index (κ1) is 13.4. The number of likely N-dealkylation sites (N-methyl/N-ethyl adjacent to an activating group) is 1. The van der Waals surface area contributed by atoms with Gasteiger partial charge in [-0.2, -0.15) is 0 Å². The van der Waals surface area contributed by atoms with Crippen LogP contribution in [0, 0.1) is 0 Å². The molecule has 2 rings (SSSR count). The van der Waals surface area contributed by atoms with Crippen LogP contribution in [0.4, 0.5) is 0 Å². The molecule has 0 radical (unpaired) electrons. The lowest BCUT2D eigenvalue weighted by atomic mass is 10.1. The van der Waals surface area contributed by atoms with E-state index in [9.17, 15) is 0 Å². The number of hydrogen-bond acceptors (Lipinski definition) is 5. The lowest BCUT2D eigenvalue weighted by Crippen LogP contribution is -2.43. The molecular formula is C13H23N5. The summed E-state index contributed by atoms with van der Waals surface area (Å²) in [5.41, 5.74) is 7.00. The van der Waals surface area contributed by atoms with Crippen molar-refractivity contribution in [3.63, 3.8) is 0 Å². The van der Waals surface area contributed by atoms with Crippen LogP contribution in [0.1, 0.15) is 25.1 Å². The Bertz CT molecular complexity index is 356. The smallest absolute Gasteiger partial charge is 0.115 e. The van der Waals surface area contributed by atoms with Gasteiger partial charge in [-0.1, -0.05) is 0 Å². The van der Waals surface area contributed by atoms with E-state index in [0.29, 0.717) is 12.6 Å². The van der Waals surface area contributed by atoms with E-state index >= 15 is 0 Å². The minimum atomic E-state index is 0.203. The predicted molar refractivity (Wildman–Crippen MR) is 72.1 cm³/mol. The average Bonchev–Trinajstić information content (AvgIpc) is 2.54. The molecule has 1 aromatic heterocycles. The number of hydrogen-bond donors (Lipinski definition) is 1. The summed E-state index contributed by atoms with van der Waals surface area (Å²) in [5, 5.41) is 0. The molecule has 1 aliphatic rings. The highest BCUT2D eigenvalue weighted by Gasteiger charge is 2.27. The first-order valence-electron chi connectivity index (χ1n) is 6.62. The molecule has 0 saturated carbocycles. The predicted octanol–water partition coefficient (Wildman–Crippen LogP) is 0.502. The minimum Gasteiger partial charge on any atom is -0.329 e. The van der Waals surface area contributed by atoms with E-state index in [4.69, 9.17) is 5.73 Å². The topological polar surface area (TPSA) is 58.3 Å². The minimum absolute atomic E-state index is 0.203. The Morgan fingerprint density at radius 1 is 1.50 bits per heavy atom. The normalized spacial score (nSPS) is 24.7. The zero-order chi connectivity index (χ0) is 13.0. The van der Waals surface area contributed by atoms with Crippen molar-refractivity contribution in [3.05, 3.63) is 24.3 Å². The van der Waals surface area contributed by atoms with E-state index in [-0.39, 0.29) is 6.04 Å². The SMILES string of the molecule is CC1CN(C)CCCN1C(CN)c1ccncn1. The lowest BCUT2D eigenvalue weighted by molar-refractivity contribution is 0.143. The summed E-state index contributed by atoms with van der Waals surface area (Å²) in [6, 6.07) is 2.68. The number of aromatic nitrogens is 2. The van der Waals surface area contributed by atoms with Crippen LogP contribution in [-0.4, -0.2) is 59.0 Å². The van der Waals surface area contributed by atoms with Crippen molar-refractivity contribution in [3.8, 4) is 0 Å². The highest BCUT2D eigenvalue weighted by atomic mass is 15.3. The van der Waals surface area contributed by atoms with Crippen molar-refractivity contribution in [1.82, 2.24) is 19.8 Å². The van der Waals surface area contributed by atoms with Gasteiger partial charge in [0.2, 0.25) is 0 Å². The lowest BCUT2D eigenvalue weighted by Gasteiger charge is -2.34. The van der Waals surface area contributed by atoms with Crippen LogP contribution in [0.2, 0.25) is 0 Å². The summed E-state index contributed by atoms with van der Waals surface area (Å²) in [5.74, 6) is 0. The number of nitrogens with two attached hydrogens (primary N) is 1. The highest BCUT2D eigenvalue weighted by Crippen LogP contribution is 2.22. The maximum atomic E-state index is 5.97. The molecule has 18 heavy (non-hydrogen) atoms. The Labute approximate surface area is 109 Å². The fraction of sp³-hybridized carbons (Fsp3) is 0.692. The highest BCUT2D eigenvalue weighted by molar-refractivity contribution is 5.06. The fourth-order valence-electron chi connectivity index (χ4n) is 2.78. The molecule has 2 unspecified atom stereocenters. The van der Waals surface area contributed by atoms with Crippen molar-refractivity contribution in [1.29, 1.82) is 0 Å². The van der Waals surface area contributed by atoms with Gasteiger partial charge in [-0.05, 0) is 33.0 Å². The second kappa shape index (κ2) is 6.22. The van der Waals surface area contributed by atoms with Crippen LogP contribution in [0.25, 0.3) is 0 Å². The van der Waals surface area contributed by atoms with Crippen molar-refractivity contribution in [2.24, 2.45) is 5.73 Å². The summed E-state index contributed by atoms with van der Waals surface area (Å²) in [7, 11) is 2.18. The maximum Gasteiger partial charge on any atom is 0.115 e. The fourth-order valence-corrected chi connectivity index (χ4v) is 2.78. The van der Waals surface area contributed by atoms with Crippen LogP contribution in [0.5, 0.6) is 0 Å². The Hall–Kier alpha value is -1.04. The standard InChI is InChI=1S/C13H23N5/c1-11-9-17(2)6-3-7-18(11)13(8-14)12-4-5-15-10-16-12/h4-5,10-11,13H,3,6-9,14H2,1-2H3. The maximum absolute atomic E-state index is 5.97. The Morgan fingerprint density at radius 2 is 2.33 bits per heavy atom. The second-order valence-electron chi connectivity index (χ2n) is 5.09. The third-order valence-corrected chi connectivity index (χ3v) is 3.67. The van der Waals surface area contributed by atoms with Crippen LogP contribution < -0.4 is 5.73 Å². The molecule has 0 aromatic carbocycles. The van der Waals surface area contributed by atoms with Crippen LogP contribution in [-0.2, 0) is 0 Å². The molecule has 5 nitrogen and oxygen atoms in total. The number of nitrogens with zero attached hydrogens (tertiary/aromatic N) is 4. The van der Waals surface area contributed by atoms with Gasteiger partial charge in [0.15, 0.2) is 0 Å². The molecule has 0 aliphatic carbocycles. The van der Waals surface area contributed by atoms with Crippen molar-refractivity contribution in [2.45, 2.75) is 25.4 Å². The Balaban J connectivity index is 2.16. The zero-order valence-electron chi connectivity index (χ0n) is 11.3. The summed E-state index contributed by atoms with van der Waals surface area (Å²) >= 11 is 0. The third kappa shape index (κ3) is 3.04. The largest absolute Gasteiger partial charge is 0.329 e. The van der Waals surface area contributed by atoms with Gasteiger partial charge in [0.25, 0.3) is 0 Å². The van der Waals surface area contributed by atoms with E-state index in [0.717, 1.165) is 25.3 Å². The molecular weight excluding hydrogens is 226 g/mol. The van der Waals surface area contributed by atoms with Gasteiger partial charge in [-0.3, -0.25) is 4.90 Å². The van der Waals surface area contributed by atoms with Crippen LogP contribution in [0.3, 0.4) is 0 Å². The number of rotatable bonds is 3. The van der Waals surface area contributed by atoms with Gasteiger partial charge in [0.1, 0.15) is 6.33 Å². The molecule has 100 valence electrons. The monoisotopic (exact) mass is 249 g/mol. The van der Waals surface area contributed by atoms with Crippen molar-refractivity contribution in [2.75, 3.05) is 33.2 Å². The summed E-state index contributed by atoms with van der Waals surface area (Å²) in [4.78, 5) is 13.2. The zero-order valence-corrected chi connectivity index (χ0v) is 11.3. The molecule has 2 heterocycles.